The summed E-state index contributed by atoms with van der Waals surface area (Å²) in [6, 6.07) is 5.30. The van der Waals surface area contributed by atoms with E-state index in [0.29, 0.717) is 9.49 Å². The number of halogens is 2. The van der Waals surface area contributed by atoms with Crippen molar-refractivity contribution in [1.29, 1.82) is 0 Å². The minimum absolute atomic E-state index is 0.0338. The molecule has 13 heavy (non-hydrogen) atoms. The lowest BCUT2D eigenvalue weighted by atomic mass is 10.0. The van der Waals surface area contributed by atoms with Crippen molar-refractivity contribution in [3.8, 4) is 0 Å². The number of nitrogens with two attached hydrogens (primary N) is 1. The number of hydrogen-bond acceptors (Lipinski definition) is 1. The van der Waals surface area contributed by atoms with Crippen molar-refractivity contribution in [2.45, 2.75) is 18.9 Å². The lowest BCUT2D eigenvalue weighted by Gasteiger charge is -2.10. The largest absolute Gasteiger partial charge is 0.324 e. The standard InChI is InChI=1S/C10H11FIN/c11-8-5-7(3-4-9(8)12)10(13)6-1-2-6/h3-6,10H,1-2,13H2/t10-/m0/s1. The van der Waals surface area contributed by atoms with Crippen molar-refractivity contribution < 1.29 is 4.39 Å². The van der Waals surface area contributed by atoms with Crippen molar-refractivity contribution in [3.63, 3.8) is 0 Å². The topological polar surface area (TPSA) is 26.0 Å². The molecule has 1 atom stereocenters. The van der Waals surface area contributed by atoms with Crippen molar-refractivity contribution in [2.75, 3.05) is 0 Å². The Kier molecular flexibility index (Phi) is 2.55. The van der Waals surface area contributed by atoms with Gasteiger partial charge in [0, 0.05) is 9.61 Å². The highest BCUT2D eigenvalue weighted by atomic mass is 127. The summed E-state index contributed by atoms with van der Waals surface area (Å²) in [5, 5.41) is 0. The molecule has 1 aromatic rings. The molecule has 1 saturated carbocycles. The zero-order chi connectivity index (χ0) is 9.42. The van der Waals surface area contributed by atoms with Crippen LogP contribution < -0.4 is 5.73 Å². The van der Waals surface area contributed by atoms with E-state index in [2.05, 4.69) is 0 Å². The molecule has 70 valence electrons. The summed E-state index contributed by atoms with van der Waals surface area (Å²) < 4.78 is 13.8. The van der Waals surface area contributed by atoms with Crippen molar-refractivity contribution >= 4 is 22.6 Å². The van der Waals surface area contributed by atoms with E-state index >= 15 is 0 Å². The third-order valence-electron chi connectivity index (χ3n) is 2.46. The van der Waals surface area contributed by atoms with Crippen LogP contribution in [0.15, 0.2) is 18.2 Å². The maximum atomic E-state index is 13.2. The zero-order valence-electron chi connectivity index (χ0n) is 7.13. The first-order valence-electron chi connectivity index (χ1n) is 4.39. The molecule has 0 aromatic heterocycles. The van der Waals surface area contributed by atoms with Crippen molar-refractivity contribution in [1.82, 2.24) is 0 Å². The fourth-order valence-corrected chi connectivity index (χ4v) is 1.78. The molecule has 0 bridgehead atoms. The summed E-state index contributed by atoms with van der Waals surface area (Å²) in [4.78, 5) is 0. The lowest BCUT2D eigenvalue weighted by molar-refractivity contribution is 0.597. The summed E-state index contributed by atoms with van der Waals surface area (Å²) in [5.41, 5.74) is 6.88. The molecule has 2 N–H and O–H groups in total. The quantitative estimate of drug-likeness (QED) is 0.833. The van der Waals surface area contributed by atoms with E-state index in [4.69, 9.17) is 5.73 Å². The van der Waals surface area contributed by atoms with Gasteiger partial charge in [-0.1, -0.05) is 6.07 Å². The second-order valence-corrected chi connectivity index (χ2v) is 4.70. The fourth-order valence-electron chi connectivity index (χ4n) is 1.45. The molecule has 1 aromatic carbocycles. The minimum Gasteiger partial charge on any atom is -0.324 e. The molecular weight excluding hydrogens is 280 g/mol. The first-order chi connectivity index (χ1) is 6.18. The van der Waals surface area contributed by atoms with Crippen LogP contribution in [0.1, 0.15) is 24.4 Å². The Labute approximate surface area is 90.7 Å². The molecule has 0 aliphatic heterocycles. The molecule has 0 saturated heterocycles. The van der Waals surface area contributed by atoms with Gasteiger partial charge in [0.05, 0.1) is 0 Å². The van der Waals surface area contributed by atoms with Crippen LogP contribution in [0.4, 0.5) is 4.39 Å². The van der Waals surface area contributed by atoms with Crippen LogP contribution >= 0.6 is 22.6 Å². The summed E-state index contributed by atoms with van der Waals surface area (Å²) in [6.45, 7) is 0. The molecule has 0 radical (unpaired) electrons. The maximum Gasteiger partial charge on any atom is 0.136 e. The maximum absolute atomic E-state index is 13.2. The Morgan fingerprint density at radius 2 is 2.15 bits per heavy atom. The smallest absolute Gasteiger partial charge is 0.136 e. The molecule has 3 heteroatoms. The van der Waals surface area contributed by atoms with Gasteiger partial charge < -0.3 is 5.73 Å². The fraction of sp³-hybridized carbons (Fsp3) is 0.400. The van der Waals surface area contributed by atoms with Gasteiger partial charge in [0.1, 0.15) is 5.82 Å². The van der Waals surface area contributed by atoms with E-state index in [1.165, 1.54) is 12.8 Å². The van der Waals surface area contributed by atoms with Gasteiger partial charge >= 0.3 is 0 Å². The van der Waals surface area contributed by atoms with Crippen LogP contribution in [-0.2, 0) is 0 Å². The van der Waals surface area contributed by atoms with Crippen molar-refractivity contribution in [3.05, 3.63) is 33.1 Å². The first kappa shape index (κ1) is 9.40. The normalized spacial score (nSPS) is 18.7. The van der Waals surface area contributed by atoms with E-state index in [0.717, 1.165) is 5.56 Å². The zero-order valence-corrected chi connectivity index (χ0v) is 9.29. The Bertz CT molecular complexity index is 323. The number of rotatable bonds is 2. The van der Waals surface area contributed by atoms with Gasteiger partial charge in [-0.05, 0) is 59.0 Å². The molecule has 0 heterocycles. The van der Waals surface area contributed by atoms with E-state index in [1.807, 2.05) is 28.7 Å². The summed E-state index contributed by atoms with van der Waals surface area (Å²) >= 11 is 1.98. The van der Waals surface area contributed by atoms with Crippen LogP contribution in [0.5, 0.6) is 0 Å². The van der Waals surface area contributed by atoms with Gasteiger partial charge in [0.15, 0.2) is 0 Å². The highest BCUT2D eigenvalue weighted by molar-refractivity contribution is 14.1. The molecule has 2 rings (SSSR count). The van der Waals surface area contributed by atoms with Gasteiger partial charge in [-0.15, -0.1) is 0 Å². The van der Waals surface area contributed by atoms with Gasteiger partial charge in [-0.25, -0.2) is 4.39 Å². The van der Waals surface area contributed by atoms with Crippen LogP contribution in [0.3, 0.4) is 0 Å². The third kappa shape index (κ3) is 2.02. The average Bonchev–Trinajstić information content (AvgIpc) is 2.91. The van der Waals surface area contributed by atoms with E-state index in [-0.39, 0.29) is 11.9 Å². The Morgan fingerprint density at radius 1 is 1.46 bits per heavy atom. The third-order valence-corrected chi connectivity index (χ3v) is 3.33. The second-order valence-electron chi connectivity index (χ2n) is 3.54. The van der Waals surface area contributed by atoms with Crippen molar-refractivity contribution in [2.24, 2.45) is 11.7 Å². The Morgan fingerprint density at radius 3 is 2.69 bits per heavy atom. The van der Waals surface area contributed by atoms with E-state index in [1.54, 1.807) is 12.1 Å². The monoisotopic (exact) mass is 291 g/mol. The van der Waals surface area contributed by atoms with Crippen LogP contribution in [-0.4, -0.2) is 0 Å². The lowest BCUT2D eigenvalue weighted by Crippen LogP contribution is -2.12. The Balaban J connectivity index is 2.24. The molecule has 1 fully saturated rings. The molecule has 0 unspecified atom stereocenters. The molecule has 1 nitrogen and oxygen atoms in total. The van der Waals surface area contributed by atoms with Crippen LogP contribution in [0.2, 0.25) is 0 Å². The SMILES string of the molecule is N[C@H](c1ccc(I)c(F)c1)C1CC1. The second kappa shape index (κ2) is 3.53. The summed E-state index contributed by atoms with van der Waals surface area (Å²) in [5.74, 6) is 0.425. The van der Waals surface area contributed by atoms with E-state index in [9.17, 15) is 4.39 Å². The van der Waals surface area contributed by atoms with Gasteiger partial charge in [-0.2, -0.15) is 0 Å². The predicted octanol–water partition coefficient (Wildman–Crippen LogP) is 2.84. The highest BCUT2D eigenvalue weighted by Gasteiger charge is 2.29. The number of hydrogen-bond donors (Lipinski definition) is 1. The summed E-state index contributed by atoms with van der Waals surface area (Å²) in [7, 11) is 0. The predicted molar refractivity (Wildman–Crippen MR) is 58.8 cm³/mol. The Hall–Kier alpha value is -0.160. The summed E-state index contributed by atoms with van der Waals surface area (Å²) in [6.07, 6.45) is 2.38. The highest BCUT2D eigenvalue weighted by Crippen LogP contribution is 2.39. The minimum atomic E-state index is -0.158. The molecule has 0 amide bonds. The van der Waals surface area contributed by atoms with Crippen LogP contribution in [0, 0.1) is 15.3 Å². The molecule has 1 aliphatic carbocycles. The van der Waals surface area contributed by atoms with Gasteiger partial charge in [-0.3, -0.25) is 0 Å². The van der Waals surface area contributed by atoms with Gasteiger partial charge in [0.2, 0.25) is 0 Å². The molecule has 0 spiro atoms. The van der Waals surface area contributed by atoms with Crippen LogP contribution in [0.25, 0.3) is 0 Å². The van der Waals surface area contributed by atoms with Gasteiger partial charge in [0.25, 0.3) is 0 Å². The number of benzene rings is 1. The molecular formula is C10H11FIN. The first-order valence-corrected chi connectivity index (χ1v) is 5.47. The van der Waals surface area contributed by atoms with E-state index < -0.39 is 0 Å². The molecule has 1 aliphatic rings. The average molecular weight is 291 g/mol.